The van der Waals surface area contributed by atoms with Gasteiger partial charge >= 0.3 is 5.97 Å². The summed E-state index contributed by atoms with van der Waals surface area (Å²) in [6, 6.07) is 7.83. The molecule has 6 nitrogen and oxygen atoms in total. The summed E-state index contributed by atoms with van der Waals surface area (Å²) in [5, 5.41) is 17.1. The number of benzene rings is 2. The lowest BCUT2D eigenvalue weighted by Gasteiger charge is -2.34. The monoisotopic (exact) mass is 499 g/mol. The van der Waals surface area contributed by atoms with Crippen LogP contribution in [0.2, 0.25) is 0 Å². The van der Waals surface area contributed by atoms with E-state index in [0.29, 0.717) is 34.1 Å². The zero-order chi connectivity index (χ0) is 25.8. The van der Waals surface area contributed by atoms with Gasteiger partial charge in [0, 0.05) is 34.7 Å². The second kappa shape index (κ2) is 8.65. The highest BCUT2D eigenvalue weighted by molar-refractivity contribution is 6.00. The Kier molecular flexibility index (Phi) is 5.86. The summed E-state index contributed by atoms with van der Waals surface area (Å²) in [7, 11) is 1.59. The van der Waals surface area contributed by atoms with E-state index in [0.717, 1.165) is 5.69 Å². The van der Waals surface area contributed by atoms with Crippen LogP contribution in [0.4, 0.5) is 13.2 Å². The van der Waals surface area contributed by atoms with Gasteiger partial charge in [-0.1, -0.05) is 13.8 Å². The summed E-state index contributed by atoms with van der Waals surface area (Å²) in [6.07, 6.45) is 1.73. The Morgan fingerprint density at radius 1 is 1.25 bits per heavy atom. The highest BCUT2D eigenvalue weighted by Crippen LogP contribution is 2.49. The molecule has 0 aliphatic heterocycles. The van der Waals surface area contributed by atoms with Gasteiger partial charge in [-0.3, -0.25) is 5.10 Å². The maximum absolute atomic E-state index is 16.2. The van der Waals surface area contributed by atoms with Gasteiger partial charge in [0.2, 0.25) is 5.67 Å². The summed E-state index contributed by atoms with van der Waals surface area (Å²) >= 11 is 0. The van der Waals surface area contributed by atoms with Gasteiger partial charge in [-0.05, 0) is 67.5 Å². The largest absolute Gasteiger partial charge is 0.479 e. The molecule has 0 saturated heterocycles. The maximum Gasteiger partial charge on any atom is 0.341 e. The number of nitrogens with zero attached hydrogens (tertiary/aromatic N) is 2. The van der Waals surface area contributed by atoms with Crippen LogP contribution in [0.1, 0.15) is 56.7 Å². The van der Waals surface area contributed by atoms with Crippen LogP contribution in [0.3, 0.4) is 0 Å². The highest BCUT2D eigenvalue weighted by Gasteiger charge is 2.45. The number of hydrogen-bond donors (Lipinski definition) is 2. The number of carbonyl (C=O) groups is 1. The lowest BCUT2D eigenvalue weighted by atomic mass is 9.73. The first-order valence-electron chi connectivity index (χ1n) is 11.9. The first kappa shape index (κ1) is 24.4. The van der Waals surface area contributed by atoms with E-state index in [1.54, 1.807) is 25.4 Å². The van der Waals surface area contributed by atoms with Crippen LogP contribution in [0.25, 0.3) is 27.5 Å². The van der Waals surface area contributed by atoms with Gasteiger partial charge in [-0.2, -0.15) is 5.10 Å². The minimum absolute atomic E-state index is 0.158. The fourth-order valence-electron chi connectivity index (χ4n) is 5.76. The summed E-state index contributed by atoms with van der Waals surface area (Å²) in [5.74, 6) is -2.60. The number of ether oxygens (including phenoxy) is 1. The molecular formula is C27H28F3N3O3. The van der Waals surface area contributed by atoms with Crippen LogP contribution < -0.4 is 0 Å². The number of carboxylic acid groups (broad SMARTS) is 1. The van der Waals surface area contributed by atoms with Gasteiger partial charge in [0.1, 0.15) is 11.3 Å². The number of rotatable bonds is 6. The predicted octanol–water partition coefficient (Wildman–Crippen LogP) is 6.16. The SMILES string of the molecule is COCC(C)(C)c1c([C@H]2CC[C@](F)(C(=O)O)CC2)c2c(F)c3[nH]ncc3cc2n1-c1ccc(F)cc1. The zero-order valence-electron chi connectivity index (χ0n) is 20.4. The number of H-pyrrole nitrogens is 1. The van der Waals surface area contributed by atoms with Crippen LogP contribution in [-0.2, 0) is 14.9 Å². The van der Waals surface area contributed by atoms with Gasteiger partial charge in [0.05, 0.1) is 18.3 Å². The van der Waals surface area contributed by atoms with E-state index in [-0.39, 0.29) is 37.1 Å². The topological polar surface area (TPSA) is 80.1 Å². The van der Waals surface area contributed by atoms with Gasteiger partial charge in [-0.25, -0.2) is 18.0 Å². The Morgan fingerprint density at radius 3 is 2.53 bits per heavy atom. The summed E-state index contributed by atoms with van der Waals surface area (Å²) < 4.78 is 52.5. The second-order valence-corrected chi connectivity index (χ2v) is 10.4. The summed E-state index contributed by atoms with van der Waals surface area (Å²) in [4.78, 5) is 11.5. The van der Waals surface area contributed by atoms with Crippen molar-refractivity contribution in [2.45, 2.75) is 56.5 Å². The Labute approximate surface area is 206 Å². The fourth-order valence-corrected chi connectivity index (χ4v) is 5.76. The predicted molar refractivity (Wildman–Crippen MR) is 130 cm³/mol. The standard InChI is InChI=1S/C27H28F3N3O3/c1-26(2,14-36-3)24-20(15-8-10-27(30,11-9-15)25(34)35)21-19(12-16-13-31-32-23(16)22(21)29)33(24)18-6-4-17(28)5-7-18/h4-7,12-13,15H,8-11,14H2,1-3H3,(H,31,32)(H,34,35)/t15-,27+. The number of aromatic amines is 1. The first-order valence-corrected chi connectivity index (χ1v) is 11.9. The third-order valence-corrected chi connectivity index (χ3v) is 7.45. The Hall–Kier alpha value is -3.33. The van der Waals surface area contributed by atoms with Crippen LogP contribution >= 0.6 is 0 Å². The molecule has 2 aromatic carbocycles. The van der Waals surface area contributed by atoms with Crippen molar-refractivity contribution in [1.82, 2.24) is 14.8 Å². The molecule has 2 N–H and O–H groups in total. The molecule has 0 bridgehead atoms. The van der Waals surface area contributed by atoms with E-state index in [2.05, 4.69) is 10.2 Å². The van der Waals surface area contributed by atoms with Crippen molar-refractivity contribution in [3.63, 3.8) is 0 Å². The lowest BCUT2D eigenvalue weighted by molar-refractivity contribution is -0.153. The second-order valence-electron chi connectivity index (χ2n) is 10.4. The van der Waals surface area contributed by atoms with Crippen molar-refractivity contribution in [3.8, 4) is 5.69 Å². The average Bonchev–Trinajstić information content (AvgIpc) is 3.44. The van der Waals surface area contributed by atoms with E-state index >= 15 is 4.39 Å². The molecule has 0 atom stereocenters. The molecule has 0 amide bonds. The van der Waals surface area contributed by atoms with Gasteiger partial charge in [0.15, 0.2) is 5.82 Å². The quantitative estimate of drug-likeness (QED) is 0.333. The molecule has 190 valence electrons. The van der Waals surface area contributed by atoms with Crippen molar-refractivity contribution in [2.24, 2.45) is 0 Å². The first-order chi connectivity index (χ1) is 17.1. The molecule has 5 rings (SSSR count). The molecule has 2 heterocycles. The molecule has 0 spiro atoms. The van der Waals surface area contributed by atoms with E-state index in [9.17, 15) is 18.7 Å². The van der Waals surface area contributed by atoms with Crippen molar-refractivity contribution < 1.29 is 27.8 Å². The number of hydrogen-bond acceptors (Lipinski definition) is 3. The molecular weight excluding hydrogens is 471 g/mol. The number of aliphatic carboxylic acids is 1. The van der Waals surface area contributed by atoms with E-state index < -0.39 is 28.7 Å². The van der Waals surface area contributed by atoms with Gasteiger partial charge in [-0.15, -0.1) is 0 Å². The van der Waals surface area contributed by atoms with Crippen LogP contribution in [0, 0.1) is 11.6 Å². The molecule has 1 aliphatic carbocycles. The van der Waals surface area contributed by atoms with E-state index in [1.165, 1.54) is 12.1 Å². The maximum atomic E-state index is 16.2. The molecule has 36 heavy (non-hydrogen) atoms. The van der Waals surface area contributed by atoms with Crippen LogP contribution in [0.5, 0.6) is 0 Å². The Balaban J connectivity index is 1.85. The average molecular weight is 500 g/mol. The normalized spacial score (nSPS) is 20.9. The molecule has 1 saturated carbocycles. The van der Waals surface area contributed by atoms with Gasteiger partial charge < -0.3 is 14.4 Å². The Morgan fingerprint density at radius 2 is 1.92 bits per heavy atom. The van der Waals surface area contributed by atoms with E-state index in [1.807, 2.05) is 24.5 Å². The van der Waals surface area contributed by atoms with Crippen molar-refractivity contribution in [2.75, 3.05) is 13.7 Å². The number of nitrogens with one attached hydrogen (secondary N) is 1. The smallest absolute Gasteiger partial charge is 0.341 e. The molecule has 0 unspecified atom stereocenters. The highest BCUT2D eigenvalue weighted by atomic mass is 19.1. The lowest BCUT2D eigenvalue weighted by Crippen LogP contribution is -2.38. The van der Waals surface area contributed by atoms with Crippen molar-refractivity contribution in [3.05, 3.63) is 59.4 Å². The zero-order valence-corrected chi connectivity index (χ0v) is 20.4. The van der Waals surface area contributed by atoms with Crippen LogP contribution in [-0.4, -0.2) is 45.2 Å². The molecule has 1 fully saturated rings. The van der Waals surface area contributed by atoms with Gasteiger partial charge in [0.25, 0.3) is 0 Å². The molecule has 9 heteroatoms. The summed E-state index contributed by atoms with van der Waals surface area (Å²) in [5.41, 5.74) is 0.0657. The Bertz CT molecular complexity index is 1450. The fraction of sp³-hybridized carbons (Fsp3) is 0.407. The number of alkyl halides is 1. The number of carboxylic acids is 1. The molecule has 2 aromatic heterocycles. The summed E-state index contributed by atoms with van der Waals surface area (Å²) in [6.45, 7) is 4.28. The molecule has 0 radical (unpaired) electrons. The number of methoxy groups -OCH3 is 1. The third kappa shape index (κ3) is 3.77. The number of fused-ring (bicyclic) bond motifs is 2. The minimum atomic E-state index is -2.29. The third-order valence-electron chi connectivity index (χ3n) is 7.45. The number of halogens is 3. The van der Waals surface area contributed by atoms with Crippen LogP contribution in [0.15, 0.2) is 36.5 Å². The molecule has 4 aromatic rings. The van der Waals surface area contributed by atoms with Crippen molar-refractivity contribution in [1.29, 1.82) is 0 Å². The van der Waals surface area contributed by atoms with Crippen molar-refractivity contribution >= 4 is 27.8 Å². The van der Waals surface area contributed by atoms with E-state index in [4.69, 9.17) is 4.74 Å². The minimum Gasteiger partial charge on any atom is -0.479 e. The number of aromatic nitrogens is 3. The molecule has 1 aliphatic rings.